The molecular formula is C14H9BrClFN2O2. The van der Waals surface area contributed by atoms with Crippen LogP contribution in [0, 0.1) is 5.82 Å². The van der Waals surface area contributed by atoms with Crippen molar-refractivity contribution in [2.75, 3.05) is 0 Å². The van der Waals surface area contributed by atoms with Crippen molar-refractivity contribution in [3.8, 4) is 0 Å². The number of halogens is 3. The third-order valence-electron chi connectivity index (χ3n) is 2.55. The first kappa shape index (κ1) is 15.5. The highest BCUT2D eigenvalue weighted by Gasteiger charge is 2.13. The van der Waals surface area contributed by atoms with Crippen LogP contribution in [-0.2, 0) is 0 Å². The van der Waals surface area contributed by atoms with Crippen molar-refractivity contribution in [1.29, 1.82) is 0 Å². The summed E-state index contributed by atoms with van der Waals surface area (Å²) in [6.45, 7) is 0. The predicted octanol–water partition coefficient (Wildman–Crippen LogP) is 3.32. The van der Waals surface area contributed by atoms with Crippen LogP contribution in [0.25, 0.3) is 0 Å². The summed E-state index contributed by atoms with van der Waals surface area (Å²) in [6.07, 6.45) is 0. The van der Waals surface area contributed by atoms with Crippen LogP contribution in [0.15, 0.2) is 46.9 Å². The number of hydrazine groups is 1. The summed E-state index contributed by atoms with van der Waals surface area (Å²) in [4.78, 5) is 23.7. The summed E-state index contributed by atoms with van der Waals surface area (Å²) in [5.41, 5.74) is 4.80. The fraction of sp³-hybridized carbons (Fsp3) is 0. The standard InChI is InChI=1S/C14H9BrClFN2O2/c15-12-5-4-10(17)7-11(12)14(21)19-18-13(20)8-2-1-3-9(16)6-8/h1-7H,(H,18,20)(H,19,21). The van der Waals surface area contributed by atoms with Gasteiger partial charge in [-0.1, -0.05) is 17.7 Å². The Labute approximate surface area is 133 Å². The van der Waals surface area contributed by atoms with Gasteiger partial charge in [-0.3, -0.25) is 20.4 Å². The number of rotatable bonds is 2. The minimum absolute atomic E-state index is 0.0707. The molecule has 0 bridgehead atoms. The maximum absolute atomic E-state index is 13.1. The Morgan fingerprint density at radius 1 is 1.05 bits per heavy atom. The molecule has 0 atom stereocenters. The number of hydrogen-bond acceptors (Lipinski definition) is 2. The van der Waals surface area contributed by atoms with E-state index in [4.69, 9.17) is 11.6 Å². The van der Waals surface area contributed by atoms with Gasteiger partial charge in [0.15, 0.2) is 0 Å². The first-order chi connectivity index (χ1) is 9.97. The van der Waals surface area contributed by atoms with Gasteiger partial charge in [-0.05, 0) is 52.3 Å². The molecule has 7 heteroatoms. The van der Waals surface area contributed by atoms with Crippen LogP contribution in [0.5, 0.6) is 0 Å². The molecule has 2 aromatic carbocycles. The van der Waals surface area contributed by atoms with Crippen molar-refractivity contribution in [3.05, 3.63) is 68.9 Å². The number of hydrogen-bond donors (Lipinski definition) is 2. The lowest BCUT2D eigenvalue weighted by molar-refractivity contribution is 0.0846. The second-order valence-corrected chi connectivity index (χ2v) is 5.33. The fourth-order valence-electron chi connectivity index (χ4n) is 1.55. The van der Waals surface area contributed by atoms with Crippen molar-refractivity contribution in [2.24, 2.45) is 0 Å². The Hall–Kier alpha value is -1.92. The predicted molar refractivity (Wildman–Crippen MR) is 80.5 cm³/mol. The lowest BCUT2D eigenvalue weighted by Gasteiger charge is -2.09. The molecule has 0 unspecified atom stereocenters. The molecule has 0 heterocycles. The minimum Gasteiger partial charge on any atom is -0.267 e. The summed E-state index contributed by atoms with van der Waals surface area (Å²) in [5.74, 6) is -1.72. The number of carbonyl (C=O) groups excluding carboxylic acids is 2. The number of benzene rings is 2. The van der Waals surface area contributed by atoms with Crippen molar-refractivity contribution < 1.29 is 14.0 Å². The zero-order valence-corrected chi connectivity index (χ0v) is 12.8. The van der Waals surface area contributed by atoms with Crippen molar-refractivity contribution >= 4 is 39.3 Å². The Bertz CT molecular complexity index is 709. The second kappa shape index (κ2) is 6.69. The van der Waals surface area contributed by atoms with E-state index in [9.17, 15) is 14.0 Å². The summed E-state index contributed by atoms with van der Waals surface area (Å²) < 4.78 is 13.5. The lowest BCUT2D eigenvalue weighted by atomic mass is 10.2. The van der Waals surface area contributed by atoms with Gasteiger partial charge in [0.1, 0.15) is 5.82 Å². The molecule has 0 radical (unpaired) electrons. The third kappa shape index (κ3) is 4.03. The average Bonchev–Trinajstić information content (AvgIpc) is 2.47. The van der Waals surface area contributed by atoms with Gasteiger partial charge in [-0.15, -0.1) is 0 Å². The normalized spacial score (nSPS) is 10.0. The van der Waals surface area contributed by atoms with E-state index in [1.807, 2.05) is 0 Å². The molecule has 2 N–H and O–H groups in total. The molecule has 0 saturated heterocycles. The van der Waals surface area contributed by atoms with Gasteiger partial charge in [0.25, 0.3) is 11.8 Å². The van der Waals surface area contributed by atoms with Crippen molar-refractivity contribution in [1.82, 2.24) is 10.9 Å². The molecular weight excluding hydrogens is 363 g/mol. The van der Waals surface area contributed by atoms with E-state index >= 15 is 0 Å². The maximum atomic E-state index is 13.1. The molecule has 2 aromatic rings. The van der Waals surface area contributed by atoms with E-state index in [1.54, 1.807) is 18.2 Å². The van der Waals surface area contributed by atoms with Crippen molar-refractivity contribution in [3.63, 3.8) is 0 Å². The highest BCUT2D eigenvalue weighted by Crippen LogP contribution is 2.17. The van der Waals surface area contributed by atoms with Gasteiger partial charge in [-0.2, -0.15) is 0 Å². The molecule has 2 amide bonds. The zero-order chi connectivity index (χ0) is 15.4. The molecule has 108 valence electrons. The van der Waals surface area contributed by atoms with Crippen LogP contribution in [0.4, 0.5) is 4.39 Å². The van der Waals surface area contributed by atoms with E-state index < -0.39 is 17.6 Å². The largest absolute Gasteiger partial charge is 0.270 e. The second-order valence-electron chi connectivity index (χ2n) is 4.04. The molecule has 0 aliphatic carbocycles. The lowest BCUT2D eigenvalue weighted by Crippen LogP contribution is -2.41. The van der Waals surface area contributed by atoms with Crippen LogP contribution >= 0.6 is 27.5 Å². The molecule has 0 aliphatic heterocycles. The molecule has 21 heavy (non-hydrogen) atoms. The Balaban J connectivity index is 2.04. The van der Waals surface area contributed by atoms with Gasteiger partial charge in [0.2, 0.25) is 0 Å². The van der Waals surface area contributed by atoms with E-state index in [1.165, 1.54) is 18.2 Å². The Morgan fingerprint density at radius 2 is 1.76 bits per heavy atom. The molecule has 0 saturated carbocycles. The van der Waals surface area contributed by atoms with Crippen LogP contribution in [0.3, 0.4) is 0 Å². The average molecular weight is 372 g/mol. The molecule has 0 aliphatic rings. The Kier molecular flexibility index (Phi) is 4.93. The number of nitrogens with one attached hydrogen (secondary N) is 2. The first-order valence-corrected chi connectivity index (χ1v) is 6.96. The van der Waals surface area contributed by atoms with E-state index in [2.05, 4.69) is 26.8 Å². The smallest absolute Gasteiger partial charge is 0.267 e. The highest BCUT2D eigenvalue weighted by atomic mass is 79.9. The summed E-state index contributed by atoms with van der Waals surface area (Å²) in [5, 5.41) is 0.404. The summed E-state index contributed by atoms with van der Waals surface area (Å²) in [6, 6.07) is 9.93. The summed E-state index contributed by atoms with van der Waals surface area (Å²) in [7, 11) is 0. The van der Waals surface area contributed by atoms with Gasteiger partial charge in [0.05, 0.1) is 5.56 Å². The molecule has 2 rings (SSSR count). The van der Waals surface area contributed by atoms with Crippen LogP contribution in [-0.4, -0.2) is 11.8 Å². The number of carbonyl (C=O) groups is 2. The molecule has 0 fully saturated rings. The van der Waals surface area contributed by atoms with Crippen LogP contribution in [0.2, 0.25) is 5.02 Å². The molecule has 0 spiro atoms. The van der Waals surface area contributed by atoms with Gasteiger partial charge >= 0.3 is 0 Å². The summed E-state index contributed by atoms with van der Waals surface area (Å²) >= 11 is 8.91. The van der Waals surface area contributed by atoms with Gasteiger partial charge in [-0.25, -0.2) is 4.39 Å². The minimum atomic E-state index is -0.642. The zero-order valence-electron chi connectivity index (χ0n) is 10.5. The van der Waals surface area contributed by atoms with E-state index in [-0.39, 0.29) is 5.56 Å². The van der Waals surface area contributed by atoms with E-state index in [0.29, 0.717) is 15.1 Å². The van der Waals surface area contributed by atoms with E-state index in [0.717, 1.165) is 6.07 Å². The molecule has 0 aromatic heterocycles. The number of amides is 2. The van der Waals surface area contributed by atoms with Gasteiger partial charge in [0, 0.05) is 15.1 Å². The topological polar surface area (TPSA) is 58.2 Å². The first-order valence-electron chi connectivity index (χ1n) is 5.78. The van der Waals surface area contributed by atoms with Crippen LogP contribution in [0.1, 0.15) is 20.7 Å². The highest BCUT2D eigenvalue weighted by molar-refractivity contribution is 9.10. The van der Waals surface area contributed by atoms with Crippen molar-refractivity contribution in [2.45, 2.75) is 0 Å². The van der Waals surface area contributed by atoms with Gasteiger partial charge < -0.3 is 0 Å². The third-order valence-corrected chi connectivity index (χ3v) is 3.48. The Morgan fingerprint density at radius 3 is 2.48 bits per heavy atom. The molecule has 4 nitrogen and oxygen atoms in total. The van der Waals surface area contributed by atoms with Crippen LogP contribution < -0.4 is 10.9 Å². The fourth-order valence-corrected chi connectivity index (χ4v) is 2.17. The maximum Gasteiger partial charge on any atom is 0.270 e. The monoisotopic (exact) mass is 370 g/mol. The SMILES string of the molecule is O=C(NNC(=O)c1cc(F)ccc1Br)c1cccc(Cl)c1. The quantitative estimate of drug-likeness (QED) is 0.796.